The Hall–Kier alpha value is -0.540. The van der Waals surface area contributed by atoms with Crippen molar-refractivity contribution in [1.82, 2.24) is 5.32 Å². The summed E-state index contributed by atoms with van der Waals surface area (Å²) in [6, 6.07) is 7.11. The van der Waals surface area contributed by atoms with Crippen LogP contribution < -0.4 is 5.32 Å². The largest absolute Gasteiger partial charge is 0.310 e. The van der Waals surface area contributed by atoms with Gasteiger partial charge in [-0.1, -0.05) is 18.2 Å². The van der Waals surface area contributed by atoms with Gasteiger partial charge in [-0.05, 0) is 43.4 Å². The van der Waals surface area contributed by atoms with Crippen molar-refractivity contribution in [3.63, 3.8) is 0 Å². The van der Waals surface area contributed by atoms with Gasteiger partial charge in [0.25, 0.3) is 0 Å². The molecular weight excluding hydrogens is 221 g/mol. The highest BCUT2D eigenvalue weighted by Crippen LogP contribution is 2.24. The molecule has 3 heteroatoms. The fraction of sp³-hybridized carbons (Fsp3) is 0.538. The molecule has 0 spiro atoms. The van der Waals surface area contributed by atoms with E-state index in [0.717, 1.165) is 18.0 Å². The Bertz CT molecular complexity index is 336. The van der Waals surface area contributed by atoms with Crippen LogP contribution in [0.4, 0.5) is 4.39 Å². The third kappa shape index (κ3) is 2.98. The van der Waals surface area contributed by atoms with Crippen LogP contribution in [0.2, 0.25) is 0 Å². The smallest absolute Gasteiger partial charge is 0.127 e. The second kappa shape index (κ2) is 5.69. The monoisotopic (exact) mass is 239 g/mol. The molecular formula is C13H18FNS. The van der Waals surface area contributed by atoms with Crippen LogP contribution in [0.3, 0.4) is 0 Å². The number of rotatable bonds is 4. The fourth-order valence-corrected chi connectivity index (χ4v) is 3.31. The zero-order valence-electron chi connectivity index (χ0n) is 9.58. The average molecular weight is 239 g/mol. The topological polar surface area (TPSA) is 12.0 Å². The predicted molar refractivity (Wildman–Crippen MR) is 68.2 cm³/mol. The van der Waals surface area contributed by atoms with Crippen molar-refractivity contribution < 1.29 is 4.39 Å². The zero-order valence-corrected chi connectivity index (χ0v) is 10.4. The van der Waals surface area contributed by atoms with Crippen LogP contribution in [0.5, 0.6) is 0 Å². The van der Waals surface area contributed by atoms with Gasteiger partial charge in [-0.2, -0.15) is 11.8 Å². The molecule has 0 aliphatic carbocycles. The Kier molecular flexibility index (Phi) is 4.24. The van der Waals surface area contributed by atoms with Gasteiger partial charge in [-0.3, -0.25) is 0 Å². The van der Waals surface area contributed by atoms with E-state index in [0.29, 0.717) is 0 Å². The Labute approximate surface area is 101 Å². The Morgan fingerprint density at radius 3 is 3.00 bits per heavy atom. The molecule has 0 aromatic heterocycles. The lowest BCUT2D eigenvalue weighted by atomic mass is 10.1. The fourth-order valence-electron chi connectivity index (χ4n) is 2.02. The van der Waals surface area contributed by atoms with Crippen LogP contribution >= 0.6 is 11.8 Å². The summed E-state index contributed by atoms with van der Waals surface area (Å²) >= 11 is 2.02. The molecule has 1 N–H and O–H groups in total. The zero-order chi connectivity index (χ0) is 11.4. The molecule has 1 nitrogen and oxygen atoms in total. The number of hydrogen-bond donors (Lipinski definition) is 1. The van der Waals surface area contributed by atoms with E-state index in [2.05, 4.69) is 5.32 Å². The van der Waals surface area contributed by atoms with E-state index in [1.165, 1.54) is 24.0 Å². The van der Waals surface area contributed by atoms with Crippen LogP contribution in [0.15, 0.2) is 24.3 Å². The van der Waals surface area contributed by atoms with Gasteiger partial charge < -0.3 is 5.32 Å². The normalized spacial score (nSPS) is 22.2. The third-order valence-corrected chi connectivity index (χ3v) is 4.34. The first kappa shape index (κ1) is 11.9. The number of thioether (sulfide) groups is 1. The van der Waals surface area contributed by atoms with Gasteiger partial charge in [0.05, 0.1) is 0 Å². The van der Waals surface area contributed by atoms with E-state index < -0.39 is 0 Å². The van der Waals surface area contributed by atoms with Gasteiger partial charge in [0.1, 0.15) is 5.82 Å². The molecule has 0 saturated carbocycles. The lowest BCUT2D eigenvalue weighted by Crippen LogP contribution is -2.26. The lowest BCUT2D eigenvalue weighted by molar-refractivity contribution is 0.464. The summed E-state index contributed by atoms with van der Waals surface area (Å²) < 4.78 is 13.5. The second-order valence-electron chi connectivity index (χ2n) is 4.38. The second-order valence-corrected chi connectivity index (χ2v) is 5.53. The summed E-state index contributed by atoms with van der Waals surface area (Å²) in [6.07, 6.45) is 1.29. The summed E-state index contributed by atoms with van der Waals surface area (Å²) in [6.45, 7) is 3.03. The van der Waals surface area contributed by atoms with Crippen molar-refractivity contribution in [1.29, 1.82) is 0 Å². The Morgan fingerprint density at radius 1 is 1.50 bits per heavy atom. The van der Waals surface area contributed by atoms with E-state index >= 15 is 0 Å². The van der Waals surface area contributed by atoms with Crippen LogP contribution in [0.25, 0.3) is 0 Å². The maximum absolute atomic E-state index is 13.5. The number of nitrogens with one attached hydrogen (secondary N) is 1. The molecule has 0 amide bonds. The molecule has 88 valence electrons. The predicted octanol–water partition coefficient (Wildman–Crippen LogP) is 3.23. The highest BCUT2D eigenvalue weighted by Gasteiger charge is 2.17. The van der Waals surface area contributed by atoms with Gasteiger partial charge in [0.15, 0.2) is 0 Å². The molecule has 0 radical (unpaired) electrons. The standard InChI is InChI=1S/C13H18FNS/c1-10(12-4-2-3-5-13(12)14)15-8-11-6-7-16-9-11/h2-5,10-11,15H,6-9H2,1H3/t10-,11?/m1/s1. The van der Waals surface area contributed by atoms with Gasteiger partial charge in [-0.25, -0.2) is 4.39 Å². The van der Waals surface area contributed by atoms with E-state index in [4.69, 9.17) is 0 Å². The summed E-state index contributed by atoms with van der Waals surface area (Å²) in [5, 5.41) is 3.43. The first-order valence-corrected chi connectivity index (χ1v) is 6.98. The summed E-state index contributed by atoms with van der Waals surface area (Å²) in [5.74, 6) is 3.18. The number of halogens is 1. The number of benzene rings is 1. The van der Waals surface area contributed by atoms with Gasteiger partial charge in [-0.15, -0.1) is 0 Å². The average Bonchev–Trinajstić information content (AvgIpc) is 2.79. The molecule has 1 saturated heterocycles. The van der Waals surface area contributed by atoms with Crippen molar-refractivity contribution in [2.45, 2.75) is 19.4 Å². The number of hydrogen-bond acceptors (Lipinski definition) is 2. The highest BCUT2D eigenvalue weighted by molar-refractivity contribution is 7.99. The minimum atomic E-state index is -0.108. The van der Waals surface area contributed by atoms with Crippen molar-refractivity contribution in [2.24, 2.45) is 5.92 Å². The molecule has 0 bridgehead atoms. The maximum atomic E-state index is 13.5. The molecule has 1 heterocycles. The van der Waals surface area contributed by atoms with Crippen molar-refractivity contribution >= 4 is 11.8 Å². The summed E-state index contributed by atoms with van der Waals surface area (Å²) in [5.41, 5.74) is 0.771. The minimum absolute atomic E-state index is 0.104. The first-order valence-electron chi connectivity index (χ1n) is 5.83. The molecule has 2 rings (SSSR count). The SMILES string of the molecule is C[C@@H](NCC1CCSC1)c1ccccc1F. The van der Waals surface area contributed by atoms with E-state index in [1.54, 1.807) is 6.07 Å². The molecule has 1 aromatic carbocycles. The Balaban J connectivity index is 1.87. The molecule has 1 aliphatic rings. The van der Waals surface area contributed by atoms with E-state index in [9.17, 15) is 4.39 Å². The van der Waals surface area contributed by atoms with Crippen molar-refractivity contribution in [3.05, 3.63) is 35.6 Å². The third-order valence-electron chi connectivity index (χ3n) is 3.11. The van der Waals surface area contributed by atoms with Crippen LogP contribution in [0, 0.1) is 11.7 Å². The van der Waals surface area contributed by atoms with E-state index in [1.807, 2.05) is 30.8 Å². The summed E-state index contributed by atoms with van der Waals surface area (Å²) in [7, 11) is 0. The molecule has 1 aromatic rings. The Morgan fingerprint density at radius 2 is 2.31 bits per heavy atom. The lowest BCUT2D eigenvalue weighted by Gasteiger charge is -2.17. The van der Waals surface area contributed by atoms with Crippen LogP contribution in [-0.2, 0) is 0 Å². The highest BCUT2D eigenvalue weighted by atomic mass is 32.2. The van der Waals surface area contributed by atoms with Gasteiger partial charge in [0.2, 0.25) is 0 Å². The molecule has 2 atom stereocenters. The minimum Gasteiger partial charge on any atom is -0.310 e. The maximum Gasteiger partial charge on any atom is 0.127 e. The first-order chi connectivity index (χ1) is 7.77. The van der Waals surface area contributed by atoms with Crippen molar-refractivity contribution in [3.8, 4) is 0 Å². The van der Waals surface area contributed by atoms with Gasteiger partial charge >= 0.3 is 0 Å². The molecule has 1 aliphatic heterocycles. The van der Waals surface area contributed by atoms with Crippen LogP contribution in [-0.4, -0.2) is 18.1 Å². The quantitative estimate of drug-likeness (QED) is 0.865. The molecule has 1 fully saturated rings. The van der Waals surface area contributed by atoms with Crippen molar-refractivity contribution in [2.75, 3.05) is 18.1 Å². The van der Waals surface area contributed by atoms with Gasteiger partial charge in [0, 0.05) is 11.6 Å². The van der Waals surface area contributed by atoms with Crippen LogP contribution in [0.1, 0.15) is 24.9 Å². The molecule has 16 heavy (non-hydrogen) atoms. The summed E-state index contributed by atoms with van der Waals surface area (Å²) in [4.78, 5) is 0. The van der Waals surface area contributed by atoms with E-state index in [-0.39, 0.29) is 11.9 Å². The molecule has 1 unspecified atom stereocenters.